The third kappa shape index (κ3) is 4.16. The molecule has 0 aliphatic carbocycles. The number of carbonyl (C=O) groups excluding carboxylic acids is 1. The topological polar surface area (TPSA) is 72.5 Å². The van der Waals surface area contributed by atoms with Gasteiger partial charge in [0.1, 0.15) is 8.13 Å². The van der Waals surface area contributed by atoms with Gasteiger partial charge in [0.15, 0.2) is 0 Å². The molecule has 1 rings (SSSR count). The lowest BCUT2D eigenvalue weighted by Gasteiger charge is -2.09. The minimum atomic E-state index is -3.58. The van der Waals surface area contributed by atoms with E-state index in [4.69, 9.17) is 0 Å². The minimum absolute atomic E-state index is 0.0000926. The van der Waals surface area contributed by atoms with Crippen LogP contribution in [0.25, 0.3) is 0 Å². The van der Waals surface area contributed by atoms with Gasteiger partial charge in [-0.1, -0.05) is 22.6 Å². The molecule has 5 nitrogen and oxygen atoms in total. The Balaban J connectivity index is 2.70. The molecule has 0 spiro atoms. The Morgan fingerprint density at radius 2 is 2.35 bits per heavy atom. The molecule has 0 aliphatic heterocycles. The lowest BCUT2D eigenvalue weighted by atomic mass is 10.4. The first-order chi connectivity index (χ1) is 7.88. The average molecular weight is 454 g/mol. The van der Waals surface area contributed by atoms with Crippen LogP contribution in [-0.2, 0) is 19.6 Å². The molecular weight excluding hydrogens is 445 g/mol. The highest BCUT2D eigenvalue weighted by Gasteiger charge is 2.22. The summed E-state index contributed by atoms with van der Waals surface area (Å²) in [6, 6.07) is 1.65. The second-order valence-electron chi connectivity index (χ2n) is 2.90. The molecule has 0 aliphatic rings. The first-order valence-electron chi connectivity index (χ1n) is 4.33. The number of methoxy groups -OCH3 is 1. The van der Waals surface area contributed by atoms with Crippen molar-refractivity contribution in [2.24, 2.45) is 0 Å². The number of hydrogen-bond acceptors (Lipinski definition) is 5. The van der Waals surface area contributed by atoms with Gasteiger partial charge in [-0.3, -0.25) is 4.79 Å². The van der Waals surface area contributed by atoms with Crippen LogP contribution >= 0.6 is 49.9 Å². The Morgan fingerprint density at radius 3 is 2.82 bits per heavy atom. The van der Waals surface area contributed by atoms with E-state index in [1.165, 1.54) is 7.11 Å². The fraction of sp³-hybridized carbons (Fsp3) is 0.375. The molecule has 96 valence electrons. The van der Waals surface area contributed by atoms with Crippen molar-refractivity contribution >= 4 is 65.9 Å². The van der Waals surface area contributed by atoms with Crippen LogP contribution in [0.5, 0.6) is 0 Å². The fourth-order valence-corrected chi connectivity index (χ4v) is 5.13. The van der Waals surface area contributed by atoms with E-state index in [0.29, 0.717) is 4.47 Å². The van der Waals surface area contributed by atoms with Gasteiger partial charge in [-0.2, -0.15) is 0 Å². The van der Waals surface area contributed by atoms with Crippen LogP contribution < -0.4 is 4.72 Å². The van der Waals surface area contributed by atoms with Gasteiger partial charge in [-0.25, -0.2) is 13.1 Å². The Kier molecular flexibility index (Phi) is 5.83. The van der Waals surface area contributed by atoms with Crippen molar-refractivity contribution < 1.29 is 17.9 Å². The minimum Gasteiger partial charge on any atom is -0.468 e. The van der Waals surface area contributed by atoms with Crippen LogP contribution in [-0.4, -0.2) is 32.0 Å². The number of thiophene rings is 1. The highest BCUT2D eigenvalue weighted by Crippen LogP contribution is 2.27. The lowest BCUT2D eigenvalue weighted by Crippen LogP contribution is -2.33. The van der Waals surface area contributed by atoms with Crippen molar-refractivity contribution in [1.29, 1.82) is 0 Å². The van der Waals surface area contributed by atoms with Crippen LogP contribution in [0, 0.1) is 0 Å². The maximum absolute atomic E-state index is 11.8. The molecule has 1 unspecified atom stereocenters. The highest BCUT2D eigenvalue weighted by atomic mass is 127. The van der Waals surface area contributed by atoms with Crippen LogP contribution in [0.1, 0.15) is 0 Å². The summed E-state index contributed by atoms with van der Waals surface area (Å²) in [5, 5.41) is 1.67. The Morgan fingerprint density at radius 1 is 1.71 bits per heavy atom. The summed E-state index contributed by atoms with van der Waals surface area (Å²) >= 11 is 6.08. The van der Waals surface area contributed by atoms with E-state index >= 15 is 0 Å². The fourth-order valence-electron chi connectivity index (χ4n) is 0.931. The summed E-state index contributed by atoms with van der Waals surface area (Å²) in [7, 11) is -2.31. The molecule has 1 atom stereocenters. The molecular formula is C8H9BrINO4S2. The monoisotopic (exact) mass is 453 g/mol. The van der Waals surface area contributed by atoms with Gasteiger partial charge in [0, 0.05) is 11.0 Å². The van der Waals surface area contributed by atoms with E-state index in [2.05, 4.69) is 25.4 Å². The normalized spacial score (nSPS) is 13.4. The number of hydrogen-bond donors (Lipinski definition) is 1. The summed E-state index contributed by atoms with van der Waals surface area (Å²) < 4.78 is 30.7. The smallest absolute Gasteiger partial charge is 0.319 e. The first kappa shape index (κ1) is 15.3. The molecule has 1 aromatic rings. The first-order valence-corrected chi connectivity index (χ1v) is 8.73. The Labute approximate surface area is 125 Å². The average Bonchev–Trinajstić information content (AvgIpc) is 2.72. The van der Waals surface area contributed by atoms with E-state index in [0.717, 1.165) is 11.3 Å². The van der Waals surface area contributed by atoms with Gasteiger partial charge in [0.2, 0.25) is 0 Å². The quantitative estimate of drug-likeness (QED) is 0.419. The molecule has 17 heavy (non-hydrogen) atoms. The molecule has 1 aromatic heterocycles. The van der Waals surface area contributed by atoms with Crippen molar-refractivity contribution in [3.63, 3.8) is 0 Å². The summed E-state index contributed by atoms with van der Waals surface area (Å²) in [6.45, 7) is -0.0000926. The predicted octanol–water partition coefficient (Wildman–Crippen LogP) is 1.77. The predicted molar refractivity (Wildman–Crippen MR) is 77.0 cm³/mol. The lowest BCUT2D eigenvalue weighted by molar-refractivity contribution is -0.139. The van der Waals surface area contributed by atoms with Gasteiger partial charge < -0.3 is 4.74 Å². The van der Waals surface area contributed by atoms with Gasteiger partial charge in [0.05, 0.1) is 7.11 Å². The van der Waals surface area contributed by atoms with Gasteiger partial charge in [0.25, 0.3) is 10.0 Å². The number of halogens is 2. The SMILES string of the molecule is COC(=O)C(I)CNS(=O)(=O)c1sccc1Br. The van der Waals surface area contributed by atoms with E-state index in [-0.39, 0.29) is 10.8 Å². The molecule has 1 heterocycles. The van der Waals surface area contributed by atoms with E-state index in [9.17, 15) is 13.2 Å². The number of sulfonamides is 1. The highest BCUT2D eigenvalue weighted by molar-refractivity contribution is 14.1. The number of nitrogens with one attached hydrogen (secondary N) is 1. The van der Waals surface area contributed by atoms with E-state index < -0.39 is 19.9 Å². The van der Waals surface area contributed by atoms with Crippen LogP contribution in [0.4, 0.5) is 0 Å². The molecule has 0 fully saturated rings. The maximum atomic E-state index is 11.8. The Bertz CT molecular complexity index is 501. The van der Waals surface area contributed by atoms with Crippen molar-refractivity contribution in [3.05, 3.63) is 15.9 Å². The third-order valence-electron chi connectivity index (χ3n) is 1.74. The molecule has 9 heteroatoms. The molecule has 0 radical (unpaired) electrons. The summed E-state index contributed by atoms with van der Waals surface area (Å²) in [6.07, 6.45) is 0. The summed E-state index contributed by atoms with van der Waals surface area (Å²) in [5.74, 6) is -0.460. The second-order valence-corrected chi connectivity index (χ2v) is 8.13. The molecule has 0 amide bonds. The van der Waals surface area contributed by atoms with Gasteiger partial charge in [-0.15, -0.1) is 11.3 Å². The number of alkyl halides is 1. The third-order valence-corrected chi connectivity index (χ3v) is 6.78. The maximum Gasteiger partial charge on any atom is 0.319 e. The number of carbonyl (C=O) groups is 1. The Hall–Kier alpha value is 0.290. The van der Waals surface area contributed by atoms with Crippen molar-refractivity contribution in [1.82, 2.24) is 4.72 Å². The molecule has 0 bridgehead atoms. The zero-order valence-electron chi connectivity index (χ0n) is 8.64. The standard InChI is InChI=1S/C8H9BrINO4S2/c1-15-7(12)6(10)4-11-17(13,14)8-5(9)2-3-16-8/h2-3,6,11H,4H2,1H3. The van der Waals surface area contributed by atoms with E-state index in [1.54, 1.807) is 11.4 Å². The zero-order chi connectivity index (χ0) is 13.1. The zero-order valence-corrected chi connectivity index (χ0v) is 14.0. The largest absolute Gasteiger partial charge is 0.468 e. The van der Waals surface area contributed by atoms with Crippen LogP contribution in [0.2, 0.25) is 0 Å². The number of ether oxygens (including phenoxy) is 1. The second kappa shape index (κ2) is 6.45. The van der Waals surface area contributed by atoms with E-state index in [1.807, 2.05) is 22.6 Å². The van der Waals surface area contributed by atoms with Crippen LogP contribution in [0.15, 0.2) is 20.1 Å². The number of rotatable bonds is 5. The summed E-state index contributed by atoms with van der Waals surface area (Å²) in [4.78, 5) is 11.1. The molecule has 1 N–H and O–H groups in total. The number of esters is 1. The molecule has 0 aromatic carbocycles. The van der Waals surface area contributed by atoms with Crippen LogP contribution in [0.3, 0.4) is 0 Å². The summed E-state index contributed by atoms with van der Waals surface area (Å²) in [5.41, 5.74) is 0. The van der Waals surface area contributed by atoms with Crippen molar-refractivity contribution in [2.75, 3.05) is 13.7 Å². The van der Waals surface area contributed by atoms with Crippen molar-refractivity contribution in [2.45, 2.75) is 8.13 Å². The molecule has 0 saturated heterocycles. The van der Waals surface area contributed by atoms with Gasteiger partial charge >= 0.3 is 5.97 Å². The van der Waals surface area contributed by atoms with Gasteiger partial charge in [-0.05, 0) is 27.4 Å². The molecule has 0 saturated carbocycles. The van der Waals surface area contributed by atoms with Crippen molar-refractivity contribution in [3.8, 4) is 0 Å².